The van der Waals surface area contributed by atoms with Gasteiger partial charge in [0.1, 0.15) is 5.52 Å². The molecule has 0 amide bonds. The fourth-order valence-electron chi connectivity index (χ4n) is 2.95. The third-order valence-electron chi connectivity index (χ3n) is 3.86. The minimum atomic E-state index is 0.488. The first-order chi connectivity index (χ1) is 11.0. The Morgan fingerprint density at radius 2 is 1.65 bits per heavy atom. The van der Waals surface area contributed by atoms with Crippen molar-refractivity contribution in [2.24, 2.45) is 0 Å². The van der Waals surface area contributed by atoms with Gasteiger partial charge < -0.3 is 4.42 Å². The third-order valence-corrected chi connectivity index (χ3v) is 4.78. The Bertz CT molecular complexity index is 961. The number of nitrogens with zero attached hydrogens (tertiary/aromatic N) is 2. The monoisotopic (exact) mass is 323 g/mol. The zero-order chi connectivity index (χ0) is 16.1. The predicted molar refractivity (Wildman–Crippen MR) is 95.9 cm³/mol. The molecule has 4 nitrogen and oxygen atoms in total. The lowest BCUT2D eigenvalue weighted by Gasteiger charge is -1.96. The van der Waals surface area contributed by atoms with Gasteiger partial charge in [0.2, 0.25) is 0 Å². The number of aromatic nitrogens is 2. The zero-order valence-electron chi connectivity index (χ0n) is 13.5. The highest BCUT2D eigenvalue weighted by Gasteiger charge is 2.12. The van der Waals surface area contributed by atoms with Crippen LogP contribution in [0.2, 0.25) is 0 Å². The van der Waals surface area contributed by atoms with Crippen molar-refractivity contribution >= 4 is 43.8 Å². The maximum atomic E-state index is 5.85. The van der Waals surface area contributed by atoms with Crippen molar-refractivity contribution in [1.29, 1.82) is 0 Å². The van der Waals surface area contributed by atoms with Gasteiger partial charge in [-0.05, 0) is 62.1 Å². The lowest BCUT2D eigenvalue weighted by molar-refractivity contribution is 0.620. The number of fused-ring (bicyclic) bond motifs is 2. The molecule has 4 aromatic rings. The maximum absolute atomic E-state index is 5.85. The highest BCUT2D eigenvalue weighted by atomic mass is 32.1. The molecule has 5 heteroatoms. The van der Waals surface area contributed by atoms with Crippen LogP contribution in [0.25, 0.3) is 21.3 Å². The van der Waals surface area contributed by atoms with Crippen LogP contribution in [-0.4, -0.2) is 9.97 Å². The first kappa shape index (κ1) is 14.2. The number of benzene rings is 2. The smallest absolute Gasteiger partial charge is 0.302 e. The number of thiazole rings is 1. The van der Waals surface area contributed by atoms with Crippen LogP contribution in [-0.2, 0) is 0 Å². The van der Waals surface area contributed by atoms with E-state index in [0.29, 0.717) is 6.01 Å². The second-order valence-corrected chi connectivity index (χ2v) is 7.05. The Kier molecular flexibility index (Phi) is 3.13. The molecule has 0 bridgehead atoms. The standard InChI is InChI=1S/C18H17N3OS/c1-9-6-12(4)16-13(7-9)19-17(22-16)21-18-20-15-11(3)5-10(2)8-14(15)23-18/h5-8H,1-4H3,(H,19,20,21). The summed E-state index contributed by atoms with van der Waals surface area (Å²) in [6.45, 7) is 8.29. The molecule has 116 valence electrons. The Morgan fingerprint density at radius 3 is 2.48 bits per heavy atom. The van der Waals surface area contributed by atoms with Gasteiger partial charge in [-0.25, -0.2) is 4.98 Å². The van der Waals surface area contributed by atoms with Gasteiger partial charge in [-0.3, -0.25) is 5.32 Å². The largest absolute Gasteiger partial charge is 0.423 e. The SMILES string of the molecule is Cc1cc(C)c2oc(Nc3nc4c(C)cc(C)cc4s3)nc2c1. The van der Waals surface area contributed by atoms with Gasteiger partial charge in [0.15, 0.2) is 10.7 Å². The van der Waals surface area contributed by atoms with Crippen LogP contribution in [0.1, 0.15) is 22.3 Å². The summed E-state index contributed by atoms with van der Waals surface area (Å²) < 4.78 is 7.03. The van der Waals surface area contributed by atoms with Crippen LogP contribution < -0.4 is 5.32 Å². The van der Waals surface area contributed by atoms with E-state index in [2.05, 4.69) is 54.3 Å². The van der Waals surface area contributed by atoms with Crippen LogP contribution in [0.3, 0.4) is 0 Å². The van der Waals surface area contributed by atoms with Gasteiger partial charge in [0, 0.05) is 0 Å². The molecular formula is C18H17N3OS. The van der Waals surface area contributed by atoms with Crippen molar-refractivity contribution in [2.45, 2.75) is 27.7 Å². The van der Waals surface area contributed by atoms with Crippen molar-refractivity contribution in [3.63, 3.8) is 0 Å². The molecule has 0 fully saturated rings. The average molecular weight is 323 g/mol. The van der Waals surface area contributed by atoms with Crippen molar-refractivity contribution in [1.82, 2.24) is 9.97 Å². The molecule has 2 aromatic carbocycles. The second-order valence-electron chi connectivity index (χ2n) is 6.02. The van der Waals surface area contributed by atoms with Gasteiger partial charge in [0.05, 0.1) is 10.2 Å². The van der Waals surface area contributed by atoms with Crippen LogP contribution in [0, 0.1) is 27.7 Å². The molecular weight excluding hydrogens is 306 g/mol. The van der Waals surface area contributed by atoms with E-state index in [-0.39, 0.29) is 0 Å². The predicted octanol–water partition coefficient (Wildman–Crippen LogP) is 5.41. The van der Waals surface area contributed by atoms with E-state index in [4.69, 9.17) is 4.42 Å². The quantitative estimate of drug-likeness (QED) is 0.535. The number of anilines is 2. The van der Waals surface area contributed by atoms with Crippen molar-refractivity contribution < 1.29 is 4.42 Å². The minimum absolute atomic E-state index is 0.488. The minimum Gasteiger partial charge on any atom is -0.423 e. The summed E-state index contributed by atoms with van der Waals surface area (Å²) in [7, 11) is 0. The normalized spacial score (nSPS) is 11.5. The summed E-state index contributed by atoms with van der Waals surface area (Å²) in [6, 6.07) is 8.92. The van der Waals surface area contributed by atoms with Gasteiger partial charge in [-0.1, -0.05) is 23.5 Å². The van der Waals surface area contributed by atoms with Gasteiger partial charge >= 0.3 is 6.01 Å². The molecule has 2 heterocycles. The third kappa shape index (κ3) is 2.47. The van der Waals surface area contributed by atoms with Crippen molar-refractivity contribution in [2.75, 3.05) is 5.32 Å². The van der Waals surface area contributed by atoms with E-state index < -0.39 is 0 Å². The molecule has 0 saturated heterocycles. The van der Waals surface area contributed by atoms with E-state index in [0.717, 1.165) is 27.3 Å². The molecule has 0 aliphatic heterocycles. The van der Waals surface area contributed by atoms with Gasteiger partial charge in [-0.15, -0.1) is 0 Å². The molecule has 2 aromatic heterocycles. The second kappa shape index (κ2) is 5.06. The molecule has 23 heavy (non-hydrogen) atoms. The summed E-state index contributed by atoms with van der Waals surface area (Å²) in [5.41, 5.74) is 7.44. The number of oxazole rings is 1. The lowest BCUT2D eigenvalue weighted by atomic mass is 10.1. The number of rotatable bonds is 2. The first-order valence-corrected chi connectivity index (χ1v) is 8.34. The molecule has 0 radical (unpaired) electrons. The van der Waals surface area contributed by atoms with E-state index in [1.165, 1.54) is 21.4 Å². The summed E-state index contributed by atoms with van der Waals surface area (Å²) in [6.07, 6.45) is 0. The Morgan fingerprint density at radius 1 is 0.913 bits per heavy atom. The molecule has 0 aliphatic rings. The topological polar surface area (TPSA) is 51.0 Å². The van der Waals surface area contributed by atoms with Crippen LogP contribution in [0.4, 0.5) is 11.1 Å². The van der Waals surface area contributed by atoms with Crippen molar-refractivity contribution in [3.8, 4) is 0 Å². The maximum Gasteiger partial charge on any atom is 0.302 e. The van der Waals surface area contributed by atoms with Crippen molar-refractivity contribution in [3.05, 3.63) is 46.5 Å². The highest BCUT2D eigenvalue weighted by molar-refractivity contribution is 7.22. The lowest BCUT2D eigenvalue weighted by Crippen LogP contribution is -1.88. The molecule has 0 atom stereocenters. The average Bonchev–Trinajstić information content (AvgIpc) is 3.02. The van der Waals surface area contributed by atoms with Crippen LogP contribution in [0.15, 0.2) is 28.7 Å². The van der Waals surface area contributed by atoms with E-state index in [9.17, 15) is 0 Å². The zero-order valence-corrected chi connectivity index (χ0v) is 14.3. The van der Waals surface area contributed by atoms with Crippen LogP contribution in [0.5, 0.6) is 0 Å². The summed E-state index contributed by atoms with van der Waals surface area (Å²) in [5.74, 6) is 0. The van der Waals surface area contributed by atoms with E-state index >= 15 is 0 Å². The molecule has 0 aliphatic carbocycles. The molecule has 1 N–H and O–H groups in total. The fraction of sp³-hybridized carbons (Fsp3) is 0.222. The van der Waals surface area contributed by atoms with Crippen LogP contribution >= 0.6 is 11.3 Å². The highest BCUT2D eigenvalue weighted by Crippen LogP contribution is 2.32. The molecule has 0 saturated carbocycles. The Balaban J connectivity index is 1.75. The summed E-state index contributed by atoms with van der Waals surface area (Å²) in [4.78, 5) is 9.19. The van der Waals surface area contributed by atoms with E-state index in [1.807, 2.05) is 13.0 Å². The van der Waals surface area contributed by atoms with Gasteiger partial charge in [0.25, 0.3) is 0 Å². The van der Waals surface area contributed by atoms with Gasteiger partial charge in [-0.2, -0.15) is 4.98 Å². The summed E-state index contributed by atoms with van der Waals surface area (Å²) in [5, 5.41) is 4.01. The Labute approximate surface area is 138 Å². The molecule has 0 unspecified atom stereocenters. The number of hydrogen-bond donors (Lipinski definition) is 1. The summed E-state index contributed by atoms with van der Waals surface area (Å²) >= 11 is 1.62. The molecule has 0 spiro atoms. The number of hydrogen-bond acceptors (Lipinski definition) is 5. The first-order valence-electron chi connectivity index (χ1n) is 7.52. The number of nitrogens with one attached hydrogen (secondary N) is 1. The van der Waals surface area contributed by atoms with E-state index in [1.54, 1.807) is 11.3 Å². The Hall–Kier alpha value is -2.40. The molecule has 4 rings (SSSR count). The number of aryl methyl sites for hydroxylation is 4. The fourth-order valence-corrected chi connectivity index (χ4v) is 3.98.